The van der Waals surface area contributed by atoms with Crippen LogP contribution in [0, 0.1) is 0 Å². The highest BCUT2D eigenvalue weighted by atomic mass is 32.2. The maximum absolute atomic E-state index is 12.8. The molecule has 3 N–H and O–H groups in total. The highest BCUT2D eigenvalue weighted by molar-refractivity contribution is 7.92. The Bertz CT molecular complexity index is 1360. The number of nitrogens with one attached hydrogen (secondary N) is 2. The van der Waals surface area contributed by atoms with Crippen molar-refractivity contribution in [3.05, 3.63) is 83.9 Å². The minimum Gasteiger partial charge on any atom is -0.487 e. The van der Waals surface area contributed by atoms with Gasteiger partial charge in [-0.15, -0.1) is 0 Å². The molecule has 8 nitrogen and oxygen atoms in total. The molecule has 194 valence electrons. The van der Waals surface area contributed by atoms with Gasteiger partial charge in [0.25, 0.3) is 0 Å². The van der Waals surface area contributed by atoms with Gasteiger partial charge in [0.15, 0.2) is 0 Å². The van der Waals surface area contributed by atoms with Gasteiger partial charge in [-0.05, 0) is 41.3 Å². The van der Waals surface area contributed by atoms with Crippen molar-refractivity contribution in [1.29, 1.82) is 0 Å². The second kappa shape index (κ2) is 10.5. The van der Waals surface area contributed by atoms with Crippen molar-refractivity contribution in [2.45, 2.75) is 43.6 Å². The van der Waals surface area contributed by atoms with Gasteiger partial charge in [-0.3, -0.25) is 9.52 Å². The molecule has 3 aromatic rings. The van der Waals surface area contributed by atoms with Crippen LogP contribution in [0.4, 0.5) is 5.69 Å². The Labute approximate surface area is 216 Å². The van der Waals surface area contributed by atoms with Crippen LogP contribution in [0.15, 0.2) is 72.8 Å². The van der Waals surface area contributed by atoms with Crippen LogP contribution in [0.3, 0.4) is 0 Å². The van der Waals surface area contributed by atoms with Crippen molar-refractivity contribution in [1.82, 2.24) is 5.32 Å². The maximum atomic E-state index is 12.8. The molecule has 0 saturated carbocycles. The minimum atomic E-state index is -3.42. The SMILES string of the molecule is CS(=O)(=O)Nc1ccc2c(c1)[C@H]1C[C@H](CC(=O)NCc3ccc(-c4ccccc4)cc3)O[C@@H](CO)[C@H]1O2. The number of carbonyl (C=O) groups excluding carboxylic acids is 1. The molecule has 1 fully saturated rings. The summed E-state index contributed by atoms with van der Waals surface area (Å²) >= 11 is 0. The molecule has 2 heterocycles. The number of aliphatic hydroxyl groups excluding tert-OH is 1. The third-order valence-electron chi connectivity index (χ3n) is 6.77. The first-order chi connectivity index (χ1) is 17.8. The van der Waals surface area contributed by atoms with Crippen LogP contribution in [0.1, 0.15) is 29.9 Å². The van der Waals surface area contributed by atoms with Crippen molar-refractivity contribution in [2.75, 3.05) is 17.6 Å². The van der Waals surface area contributed by atoms with E-state index in [0.29, 0.717) is 24.4 Å². The number of carbonyl (C=O) groups is 1. The fourth-order valence-electron chi connectivity index (χ4n) is 5.09. The molecule has 0 aromatic heterocycles. The Kier molecular flexibility index (Phi) is 7.19. The van der Waals surface area contributed by atoms with E-state index in [9.17, 15) is 18.3 Å². The summed E-state index contributed by atoms with van der Waals surface area (Å²) in [6.07, 6.45) is 0.396. The fourth-order valence-corrected chi connectivity index (χ4v) is 5.65. The molecular weight excluding hydrogens is 492 g/mol. The summed E-state index contributed by atoms with van der Waals surface area (Å²) in [4.78, 5) is 12.8. The van der Waals surface area contributed by atoms with Gasteiger partial charge >= 0.3 is 0 Å². The molecule has 0 bridgehead atoms. The Morgan fingerprint density at radius 1 is 1.03 bits per heavy atom. The molecule has 0 radical (unpaired) electrons. The van der Waals surface area contributed by atoms with Crippen molar-refractivity contribution in [3.63, 3.8) is 0 Å². The van der Waals surface area contributed by atoms with Gasteiger partial charge in [0.2, 0.25) is 15.9 Å². The number of aliphatic hydroxyl groups is 1. The number of benzene rings is 3. The van der Waals surface area contributed by atoms with Crippen molar-refractivity contribution in [3.8, 4) is 16.9 Å². The fraction of sp³-hybridized carbons (Fsp3) is 0.321. The summed E-state index contributed by atoms with van der Waals surface area (Å²) in [7, 11) is -3.42. The molecule has 2 aliphatic rings. The molecule has 1 saturated heterocycles. The average molecular weight is 523 g/mol. The maximum Gasteiger partial charge on any atom is 0.229 e. The van der Waals surface area contributed by atoms with Gasteiger partial charge in [-0.1, -0.05) is 54.6 Å². The summed E-state index contributed by atoms with van der Waals surface area (Å²) < 4.78 is 37.9. The first-order valence-electron chi connectivity index (χ1n) is 12.2. The van der Waals surface area contributed by atoms with E-state index in [1.807, 2.05) is 42.5 Å². The topological polar surface area (TPSA) is 114 Å². The molecule has 1 amide bonds. The summed E-state index contributed by atoms with van der Waals surface area (Å²) in [5.41, 5.74) is 4.55. The summed E-state index contributed by atoms with van der Waals surface area (Å²) in [5.74, 6) is 0.379. The molecule has 0 unspecified atom stereocenters. The third-order valence-corrected chi connectivity index (χ3v) is 7.37. The molecule has 9 heteroatoms. The smallest absolute Gasteiger partial charge is 0.229 e. The van der Waals surface area contributed by atoms with Crippen molar-refractivity contribution < 1.29 is 27.8 Å². The number of anilines is 1. The van der Waals surface area contributed by atoms with Crippen LogP contribution in [0.25, 0.3) is 11.1 Å². The largest absolute Gasteiger partial charge is 0.487 e. The summed E-state index contributed by atoms with van der Waals surface area (Å²) in [6, 6.07) is 23.3. The number of sulfonamides is 1. The van der Waals surface area contributed by atoms with Crippen LogP contribution >= 0.6 is 0 Å². The highest BCUT2D eigenvalue weighted by Crippen LogP contribution is 2.47. The van der Waals surface area contributed by atoms with Crippen molar-refractivity contribution >= 4 is 21.6 Å². The van der Waals surface area contributed by atoms with Crippen molar-refractivity contribution in [2.24, 2.45) is 0 Å². The zero-order valence-corrected chi connectivity index (χ0v) is 21.3. The Morgan fingerprint density at radius 2 is 1.76 bits per heavy atom. The molecule has 2 aliphatic heterocycles. The molecular formula is C28H30N2O6S. The van der Waals surface area contributed by atoms with E-state index in [4.69, 9.17) is 9.47 Å². The molecule has 5 rings (SSSR count). The molecule has 4 atom stereocenters. The quantitative estimate of drug-likeness (QED) is 0.418. The monoisotopic (exact) mass is 522 g/mol. The van der Waals surface area contributed by atoms with E-state index in [0.717, 1.165) is 28.5 Å². The molecule has 0 aliphatic carbocycles. The van der Waals surface area contributed by atoms with E-state index in [1.165, 1.54) is 0 Å². The van der Waals surface area contributed by atoms with Crippen LogP contribution in [-0.2, 0) is 26.1 Å². The summed E-state index contributed by atoms with van der Waals surface area (Å²) in [5, 5.41) is 12.9. The third kappa shape index (κ3) is 5.95. The van der Waals surface area contributed by atoms with E-state index >= 15 is 0 Å². The van der Waals surface area contributed by atoms with Gasteiger partial charge in [-0.2, -0.15) is 0 Å². The van der Waals surface area contributed by atoms with Crippen LogP contribution < -0.4 is 14.8 Å². The Hall–Kier alpha value is -3.40. The van der Waals surface area contributed by atoms with E-state index in [2.05, 4.69) is 22.2 Å². The van der Waals surface area contributed by atoms with Crippen LogP contribution in [0.5, 0.6) is 5.75 Å². The summed E-state index contributed by atoms with van der Waals surface area (Å²) in [6.45, 7) is 0.165. The van der Waals surface area contributed by atoms with E-state index in [-0.39, 0.29) is 24.9 Å². The van der Waals surface area contributed by atoms with Gasteiger partial charge < -0.3 is 19.9 Å². The normalized spacial score (nSPS) is 22.4. The van der Waals surface area contributed by atoms with Gasteiger partial charge in [-0.25, -0.2) is 8.42 Å². The average Bonchev–Trinajstić information content (AvgIpc) is 3.25. The van der Waals surface area contributed by atoms with Gasteiger partial charge in [0, 0.05) is 23.7 Å². The Balaban J connectivity index is 1.21. The Morgan fingerprint density at radius 3 is 2.46 bits per heavy atom. The lowest BCUT2D eigenvalue weighted by Gasteiger charge is -2.37. The number of ether oxygens (including phenoxy) is 2. The van der Waals surface area contributed by atoms with Gasteiger partial charge in [0.05, 0.1) is 25.4 Å². The predicted molar refractivity (Wildman–Crippen MR) is 141 cm³/mol. The lowest BCUT2D eigenvalue weighted by atomic mass is 9.84. The number of hydrogen-bond donors (Lipinski definition) is 3. The second-order valence-corrected chi connectivity index (χ2v) is 11.3. The predicted octanol–water partition coefficient (Wildman–Crippen LogP) is 3.43. The van der Waals surface area contributed by atoms with Crippen LogP contribution in [-0.4, -0.2) is 50.6 Å². The number of fused-ring (bicyclic) bond motifs is 3. The molecule has 0 spiro atoms. The zero-order chi connectivity index (χ0) is 26.0. The first kappa shape index (κ1) is 25.3. The lowest BCUT2D eigenvalue weighted by molar-refractivity contribution is -0.142. The number of amides is 1. The van der Waals surface area contributed by atoms with Gasteiger partial charge in [0.1, 0.15) is 18.0 Å². The van der Waals surface area contributed by atoms with E-state index in [1.54, 1.807) is 18.2 Å². The molecule has 3 aromatic carbocycles. The molecule has 37 heavy (non-hydrogen) atoms. The van der Waals surface area contributed by atoms with Crippen LogP contribution in [0.2, 0.25) is 0 Å². The lowest BCUT2D eigenvalue weighted by Crippen LogP contribution is -2.47. The second-order valence-electron chi connectivity index (χ2n) is 9.57. The first-order valence-corrected chi connectivity index (χ1v) is 14.1. The number of hydrogen-bond acceptors (Lipinski definition) is 6. The zero-order valence-electron chi connectivity index (χ0n) is 20.5. The standard InChI is InChI=1S/C28H30N2O6S/c1-37(33,34)30-21-11-12-25-23(13-21)24-14-22(35-26(17-31)28(24)36-25)15-27(32)29-16-18-7-9-20(10-8-18)19-5-3-2-4-6-19/h2-13,22,24,26,28,30-31H,14-17H2,1H3,(H,29,32)/t22-,24-,26+,28+/m1/s1. The van der Waals surface area contributed by atoms with E-state index < -0.39 is 28.3 Å². The minimum absolute atomic E-state index is 0.120. The highest BCUT2D eigenvalue weighted by Gasteiger charge is 2.46. The number of rotatable bonds is 8.